The molecule has 0 radical (unpaired) electrons. The molecule has 0 heterocycles. The van der Waals surface area contributed by atoms with Crippen LogP contribution in [0.2, 0.25) is 0 Å². The van der Waals surface area contributed by atoms with Crippen LogP contribution in [0.15, 0.2) is 24.3 Å². The third kappa shape index (κ3) is 4.63. The normalized spacial score (nSPS) is 21.2. The molecule has 1 aliphatic rings. The van der Waals surface area contributed by atoms with Crippen LogP contribution in [-0.2, 0) is 0 Å². The number of aliphatic hydroxyl groups excluding tert-OH is 1. The number of hydrogen-bond donors (Lipinski definition) is 3. The number of hydrogen-bond acceptors (Lipinski definition) is 3. The molecule has 0 spiro atoms. The highest BCUT2D eigenvalue weighted by molar-refractivity contribution is 5.93. The first-order valence-corrected chi connectivity index (χ1v) is 8.13. The Hall–Kier alpha value is -1.75. The van der Waals surface area contributed by atoms with Crippen LogP contribution in [0, 0.1) is 5.92 Å². The zero-order chi connectivity index (χ0) is 15.9. The van der Waals surface area contributed by atoms with E-state index in [0.29, 0.717) is 12.5 Å². The van der Waals surface area contributed by atoms with Crippen molar-refractivity contribution in [2.75, 3.05) is 30.4 Å². The molecule has 0 aromatic heterocycles. The fraction of sp³-hybridized carbons (Fsp3) is 0.588. The number of urea groups is 1. The highest BCUT2D eigenvalue weighted by Gasteiger charge is 2.20. The van der Waals surface area contributed by atoms with E-state index in [4.69, 9.17) is 0 Å². The summed E-state index contributed by atoms with van der Waals surface area (Å²) in [6, 6.07) is 7.60. The van der Waals surface area contributed by atoms with Crippen molar-refractivity contribution in [2.45, 2.75) is 38.7 Å². The van der Waals surface area contributed by atoms with Gasteiger partial charge < -0.3 is 20.6 Å². The lowest BCUT2D eigenvalue weighted by Gasteiger charge is -2.26. The summed E-state index contributed by atoms with van der Waals surface area (Å²) < 4.78 is 0. The van der Waals surface area contributed by atoms with Gasteiger partial charge in [0.2, 0.25) is 0 Å². The van der Waals surface area contributed by atoms with Crippen molar-refractivity contribution >= 4 is 17.4 Å². The summed E-state index contributed by atoms with van der Waals surface area (Å²) in [6.45, 7) is 3.57. The maximum atomic E-state index is 12.1. The molecule has 5 heteroatoms. The van der Waals surface area contributed by atoms with Gasteiger partial charge in [0.15, 0.2) is 0 Å². The monoisotopic (exact) mass is 305 g/mol. The first-order valence-electron chi connectivity index (χ1n) is 8.13. The number of amides is 2. The Balaban J connectivity index is 1.87. The summed E-state index contributed by atoms with van der Waals surface area (Å²) >= 11 is 0. The molecule has 1 saturated carbocycles. The Morgan fingerprint density at radius 3 is 2.86 bits per heavy atom. The largest absolute Gasteiger partial charge is 0.393 e. The van der Waals surface area contributed by atoms with Gasteiger partial charge in [0.05, 0.1) is 17.5 Å². The zero-order valence-electron chi connectivity index (χ0n) is 13.5. The lowest BCUT2D eigenvalue weighted by Crippen LogP contribution is -2.35. The molecule has 3 N–H and O–H groups in total. The molecule has 2 amide bonds. The molecule has 2 unspecified atom stereocenters. The van der Waals surface area contributed by atoms with Crippen molar-refractivity contribution < 1.29 is 9.90 Å². The van der Waals surface area contributed by atoms with Crippen molar-refractivity contribution in [1.82, 2.24) is 5.32 Å². The second-order valence-electron chi connectivity index (χ2n) is 6.05. The minimum Gasteiger partial charge on any atom is -0.393 e. The fourth-order valence-corrected chi connectivity index (χ4v) is 2.93. The quantitative estimate of drug-likeness (QED) is 0.784. The van der Waals surface area contributed by atoms with Crippen LogP contribution in [0.3, 0.4) is 0 Å². The van der Waals surface area contributed by atoms with Gasteiger partial charge in [-0.1, -0.05) is 18.6 Å². The lowest BCUT2D eigenvalue weighted by molar-refractivity contribution is 0.101. The van der Waals surface area contributed by atoms with Crippen LogP contribution in [0.4, 0.5) is 16.2 Å². The number of nitrogens with one attached hydrogen (secondary N) is 2. The van der Waals surface area contributed by atoms with Gasteiger partial charge in [0, 0.05) is 20.1 Å². The molecule has 1 aromatic carbocycles. The Labute approximate surface area is 132 Å². The number of carbonyl (C=O) groups is 1. The number of nitrogens with zero attached hydrogens (tertiary/aromatic N) is 1. The maximum Gasteiger partial charge on any atom is 0.319 e. The first kappa shape index (κ1) is 16.6. The van der Waals surface area contributed by atoms with Gasteiger partial charge in [-0.15, -0.1) is 0 Å². The fourth-order valence-electron chi connectivity index (χ4n) is 2.93. The van der Waals surface area contributed by atoms with E-state index in [1.807, 2.05) is 31.3 Å². The van der Waals surface area contributed by atoms with Crippen molar-refractivity contribution in [2.24, 2.45) is 5.92 Å². The predicted octanol–water partition coefficient (Wildman–Crippen LogP) is 2.82. The summed E-state index contributed by atoms with van der Waals surface area (Å²) in [7, 11) is 2.00. The maximum absolute atomic E-state index is 12.1. The van der Waals surface area contributed by atoms with Crippen molar-refractivity contribution in [3.63, 3.8) is 0 Å². The molecule has 1 aromatic rings. The third-order valence-electron chi connectivity index (χ3n) is 4.34. The van der Waals surface area contributed by atoms with E-state index in [1.54, 1.807) is 0 Å². The molecule has 1 fully saturated rings. The molecule has 2 atom stereocenters. The van der Waals surface area contributed by atoms with E-state index in [9.17, 15) is 9.90 Å². The smallest absolute Gasteiger partial charge is 0.319 e. The number of carbonyl (C=O) groups excluding carboxylic acids is 1. The number of aliphatic hydroxyl groups is 1. The molecule has 22 heavy (non-hydrogen) atoms. The number of rotatable bonds is 5. The average molecular weight is 305 g/mol. The molecule has 0 saturated heterocycles. The number of anilines is 2. The van der Waals surface area contributed by atoms with Gasteiger partial charge in [-0.05, 0) is 44.2 Å². The number of benzene rings is 1. The van der Waals surface area contributed by atoms with Gasteiger partial charge in [-0.2, -0.15) is 0 Å². The molecule has 5 nitrogen and oxygen atoms in total. The van der Waals surface area contributed by atoms with Gasteiger partial charge in [0.25, 0.3) is 0 Å². The SMILES string of the molecule is CCN(C)c1ccccc1NC(=O)NCC1CCCC(O)C1. The summed E-state index contributed by atoms with van der Waals surface area (Å²) in [4.78, 5) is 14.2. The van der Waals surface area contributed by atoms with E-state index in [2.05, 4.69) is 22.5 Å². The summed E-state index contributed by atoms with van der Waals surface area (Å²) in [5, 5.41) is 15.5. The van der Waals surface area contributed by atoms with Crippen molar-refractivity contribution in [3.05, 3.63) is 24.3 Å². The molecule has 0 bridgehead atoms. The minimum atomic E-state index is -0.206. The first-order chi connectivity index (χ1) is 10.6. The second kappa shape index (κ2) is 8.03. The van der Waals surface area contributed by atoms with Crippen molar-refractivity contribution in [1.29, 1.82) is 0 Å². The van der Waals surface area contributed by atoms with E-state index >= 15 is 0 Å². The third-order valence-corrected chi connectivity index (χ3v) is 4.34. The standard InChI is InChI=1S/C17H27N3O2/c1-3-20(2)16-10-5-4-9-15(16)19-17(22)18-12-13-7-6-8-14(21)11-13/h4-5,9-10,13-14,21H,3,6-8,11-12H2,1-2H3,(H2,18,19,22). The Morgan fingerprint density at radius 2 is 2.14 bits per heavy atom. The van der Waals surface area contributed by atoms with Gasteiger partial charge in [0.1, 0.15) is 0 Å². The highest BCUT2D eigenvalue weighted by Crippen LogP contribution is 2.25. The zero-order valence-corrected chi connectivity index (χ0v) is 13.5. The Kier molecular flexibility index (Phi) is 6.07. The van der Waals surface area contributed by atoms with Crippen LogP contribution in [0.1, 0.15) is 32.6 Å². The van der Waals surface area contributed by atoms with Crippen molar-refractivity contribution in [3.8, 4) is 0 Å². The molecule has 2 rings (SSSR count). The molecular formula is C17H27N3O2. The van der Waals surface area contributed by atoms with Crippen LogP contribution >= 0.6 is 0 Å². The minimum absolute atomic E-state index is 0.183. The highest BCUT2D eigenvalue weighted by atomic mass is 16.3. The van der Waals surface area contributed by atoms with E-state index in [0.717, 1.165) is 43.6 Å². The lowest BCUT2D eigenvalue weighted by atomic mass is 9.87. The summed E-state index contributed by atoms with van der Waals surface area (Å²) in [6.07, 6.45) is 3.59. The van der Waals surface area contributed by atoms with Crippen LogP contribution < -0.4 is 15.5 Å². The van der Waals surface area contributed by atoms with Crippen LogP contribution in [0.25, 0.3) is 0 Å². The second-order valence-corrected chi connectivity index (χ2v) is 6.05. The van der Waals surface area contributed by atoms with Gasteiger partial charge in [-0.3, -0.25) is 0 Å². The number of para-hydroxylation sites is 2. The average Bonchev–Trinajstić information content (AvgIpc) is 2.53. The molecular weight excluding hydrogens is 278 g/mol. The predicted molar refractivity (Wildman–Crippen MR) is 90.4 cm³/mol. The van der Waals surface area contributed by atoms with Gasteiger partial charge in [-0.25, -0.2) is 4.79 Å². The van der Waals surface area contributed by atoms with Crippen LogP contribution in [-0.4, -0.2) is 37.4 Å². The summed E-state index contributed by atoms with van der Waals surface area (Å²) in [5.41, 5.74) is 1.82. The van der Waals surface area contributed by atoms with Gasteiger partial charge >= 0.3 is 6.03 Å². The van der Waals surface area contributed by atoms with E-state index < -0.39 is 0 Å². The Bertz CT molecular complexity index is 493. The van der Waals surface area contributed by atoms with E-state index in [-0.39, 0.29) is 12.1 Å². The topological polar surface area (TPSA) is 64.6 Å². The molecule has 1 aliphatic carbocycles. The summed E-state index contributed by atoms with van der Waals surface area (Å²) in [5.74, 6) is 0.378. The molecule has 122 valence electrons. The van der Waals surface area contributed by atoms with E-state index in [1.165, 1.54) is 0 Å². The Morgan fingerprint density at radius 1 is 1.36 bits per heavy atom. The van der Waals surface area contributed by atoms with Crippen LogP contribution in [0.5, 0.6) is 0 Å². The molecule has 0 aliphatic heterocycles.